The first-order valence-corrected chi connectivity index (χ1v) is 8.21. The van der Waals surface area contributed by atoms with Crippen molar-refractivity contribution in [3.8, 4) is 5.88 Å². The van der Waals surface area contributed by atoms with Gasteiger partial charge in [-0.3, -0.25) is 4.90 Å². The van der Waals surface area contributed by atoms with Gasteiger partial charge in [0.25, 0.3) is 0 Å². The number of halogens is 1. The number of furan rings is 1. The van der Waals surface area contributed by atoms with Crippen LogP contribution in [0.25, 0.3) is 0 Å². The Labute approximate surface area is 144 Å². The van der Waals surface area contributed by atoms with Crippen LogP contribution >= 0.6 is 0 Å². The van der Waals surface area contributed by atoms with Crippen molar-refractivity contribution < 1.29 is 13.5 Å². The fourth-order valence-corrected chi connectivity index (χ4v) is 3.16. The number of aromatic nitrogens is 3. The molecule has 0 N–H and O–H groups in total. The Bertz CT molecular complexity index is 860. The Hall–Kier alpha value is -2.67. The Kier molecular flexibility index (Phi) is 4.23. The molecule has 7 heteroatoms. The van der Waals surface area contributed by atoms with Crippen LogP contribution in [0.3, 0.4) is 0 Å². The molecule has 0 spiro atoms. The van der Waals surface area contributed by atoms with Gasteiger partial charge in [0.15, 0.2) is 5.82 Å². The minimum atomic E-state index is -0.452. The lowest BCUT2D eigenvalue weighted by Crippen LogP contribution is -2.38. The predicted octanol–water partition coefficient (Wildman–Crippen LogP) is 2.95. The van der Waals surface area contributed by atoms with Crippen molar-refractivity contribution in [2.24, 2.45) is 0 Å². The van der Waals surface area contributed by atoms with E-state index in [1.54, 1.807) is 12.4 Å². The highest BCUT2D eigenvalue weighted by Crippen LogP contribution is 2.24. The number of rotatable bonds is 5. The zero-order valence-corrected chi connectivity index (χ0v) is 13.9. The number of nitrogens with zero attached hydrogens (tertiary/aromatic N) is 4. The molecule has 1 atom stereocenters. The second-order valence-electron chi connectivity index (χ2n) is 6.23. The molecular formula is C18H19FN4O2. The minimum Gasteiger partial charge on any atom is -0.473 e. The summed E-state index contributed by atoms with van der Waals surface area (Å²) in [5.74, 6) is 1.42. The molecule has 6 nitrogen and oxygen atoms in total. The van der Waals surface area contributed by atoms with Gasteiger partial charge in [-0.15, -0.1) is 0 Å². The van der Waals surface area contributed by atoms with Crippen LogP contribution in [0.15, 0.2) is 47.4 Å². The summed E-state index contributed by atoms with van der Waals surface area (Å²) < 4.78 is 27.1. The van der Waals surface area contributed by atoms with Crippen LogP contribution in [-0.4, -0.2) is 32.6 Å². The number of fused-ring (bicyclic) bond motifs is 1. The predicted molar refractivity (Wildman–Crippen MR) is 88.5 cm³/mol. The van der Waals surface area contributed by atoms with Crippen LogP contribution in [0.2, 0.25) is 0 Å². The fourth-order valence-electron chi connectivity index (χ4n) is 3.16. The van der Waals surface area contributed by atoms with E-state index in [0.29, 0.717) is 13.2 Å². The molecule has 130 valence electrons. The summed E-state index contributed by atoms with van der Waals surface area (Å²) in [5.41, 5.74) is 1.10. The number of ether oxygens (including phenoxy) is 1. The zero-order chi connectivity index (χ0) is 17.2. The monoisotopic (exact) mass is 342 g/mol. The van der Waals surface area contributed by atoms with Gasteiger partial charge in [0.2, 0.25) is 5.88 Å². The van der Waals surface area contributed by atoms with E-state index in [1.807, 2.05) is 25.3 Å². The van der Waals surface area contributed by atoms with Gasteiger partial charge in [-0.2, -0.15) is 0 Å². The second-order valence-corrected chi connectivity index (χ2v) is 6.23. The number of hydrogen-bond donors (Lipinski definition) is 0. The molecule has 0 fully saturated rings. The minimum absolute atomic E-state index is 0.0305. The highest BCUT2D eigenvalue weighted by atomic mass is 19.1. The van der Waals surface area contributed by atoms with Crippen molar-refractivity contribution >= 4 is 0 Å². The molecule has 0 saturated heterocycles. The third kappa shape index (κ3) is 3.41. The molecule has 25 heavy (non-hydrogen) atoms. The first-order valence-electron chi connectivity index (χ1n) is 8.21. The largest absolute Gasteiger partial charge is 0.473 e. The highest BCUT2D eigenvalue weighted by molar-refractivity contribution is 5.13. The maximum Gasteiger partial charge on any atom is 0.250 e. The molecule has 4 heterocycles. The smallest absolute Gasteiger partial charge is 0.250 e. The summed E-state index contributed by atoms with van der Waals surface area (Å²) >= 11 is 0. The quantitative estimate of drug-likeness (QED) is 0.713. The Morgan fingerprint density at radius 3 is 3.08 bits per heavy atom. The van der Waals surface area contributed by atoms with Crippen molar-refractivity contribution in [1.82, 2.24) is 19.4 Å². The van der Waals surface area contributed by atoms with Gasteiger partial charge in [-0.05, 0) is 31.2 Å². The summed E-state index contributed by atoms with van der Waals surface area (Å²) in [6.07, 6.45) is 5.17. The summed E-state index contributed by atoms with van der Waals surface area (Å²) in [6.45, 7) is 4.52. The molecule has 3 aromatic rings. The molecule has 1 aliphatic heterocycles. The topological polar surface area (TPSA) is 56.3 Å². The Balaban J connectivity index is 1.48. The first-order chi connectivity index (χ1) is 12.2. The van der Waals surface area contributed by atoms with E-state index in [2.05, 4.69) is 19.4 Å². The van der Waals surface area contributed by atoms with E-state index in [0.717, 1.165) is 30.3 Å². The van der Waals surface area contributed by atoms with Gasteiger partial charge in [-0.25, -0.2) is 14.4 Å². The second kappa shape index (κ2) is 6.68. The average Bonchev–Trinajstić information content (AvgIpc) is 3.23. The SMILES string of the molecule is Cc1ccc(CN2Cc3cncn3C(COc3ncccc3F)C2)o1. The Morgan fingerprint density at radius 1 is 1.36 bits per heavy atom. The van der Waals surface area contributed by atoms with Crippen LogP contribution in [0.5, 0.6) is 5.88 Å². The maximum absolute atomic E-state index is 13.7. The number of imidazole rings is 1. The summed E-state index contributed by atoms with van der Waals surface area (Å²) in [4.78, 5) is 10.5. The van der Waals surface area contributed by atoms with E-state index < -0.39 is 5.82 Å². The third-order valence-corrected chi connectivity index (χ3v) is 4.31. The summed E-state index contributed by atoms with van der Waals surface area (Å²) in [7, 11) is 0. The molecule has 4 rings (SSSR count). The van der Waals surface area contributed by atoms with Gasteiger partial charge >= 0.3 is 0 Å². The summed E-state index contributed by atoms with van der Waals surface area (Å²) in [5, 5.41) is 0. The van der Waals surface area contributed by atoms with E-state index >= 15 is 0 Å². The van der Waals surface area contributed by atoms with Crippen molar-refractivity contribution in [2.75, 3.05) is 13.2 Å². The molecule has 0 aromatic carbocycles. The van der Waals surface area contributed by atoms with Crippen LogP contribution in [0.4, 0.5) is 4.39 Å². The van der Waals surface area contributed by atoms with Crippen LogP contribution in [-0.2, 0) is 13.1 Å². The van der Waals surface area contributed by atoms with Gasteiger partial charge < -0.3 is 13.7 Å². The molecule has 0 amide bonds. The van der Waals surface area contributed by atoms with E-state index in [4.69, 9.17) is 9.15 Å². The van der Waals surface area contributed by atoms with Gasteiger partial charge in [0.05, 0.1) is 24.6 Å². The number of aryl methyl sites for hydroxylation is 1. The first kappa shape index (κ1) is 15.8. The van der Waals surface area contributed by atoms with E-state index in [1.165, 1.54) is 12.3 Å². The molecule has 1 unspecified atom stereocenters. The number of pyridine rings is 1. The maximum atomic E-state index is 13.7. The number of hydrogen-bond acceptors (Lipinski definition) is 5. The molecule has 0 bridgehead atoms. The molecule has 1 aliphatic rings. The van der Waals surface area contributed by atoms with Crippen LogP contribution in [0.1, 0.15) is 23.3 Å². The molecule has 0 radical (unpaired) electrons. The van der Waals surface area contributed by atoms with Crippen molar-refractivity contribution in [3.05, 3.63) is 66.0 Å². The van der Waals surface area contributed by atoms with Crippen molar-refractivity contribution in [1.29, 1.82) is 0 Å². The lowest BCUT2D eigenvalue weighted by molar-refractivity contribution is 0.125. The lowest BCUT2D eigenvalue weighted by Gasteiger charge is -2.33. The van der Waals surface area contributed by atoms with Gasteiger partial charge in [-0.1, -0.05) is 0 Å². The standard InChI is InChI=1S/C18H19FN4O2/c1-13-4-5-16(25-13)10-22-8-14-7-20-12-23(14)15(9-22)11-24-18-17(19)3-2-6-21-18/h2-7,12,15H,8-11H2,1H3. The van der Waals surface area contributed by atoms with E-state index in [9.17, 15) is 4.39 Å². The van der Waals surface area contributed by atoms with Crippen molar-refractivity contribution in [3.63, 3.8) is 0 Å². The normalized spacial score (nSPS) is 17.4. The highest BCUT2D eigenvalue weighted by Gasteiger charge is 2.26. The fraction of sp³-hybridized carbons (Fsp3) is 0.333. The van der Waals surface area contributed by atoms with Gasteiger partial charge in [0.1, 0.15) is 18.1 Å². The molecular weight excluding hydrogens is 323 g/mol. The molecule has 0 aliphatic carbocycles. The van der Waals surface area contributed by atoms with Crippen molar-refractivity contribution in [2.45, 2.75) is 26.1 Å². The summed E-state index contributed by atoms with van der Waals surface area (Å²) in [6, 6.07) is 6.88. The lowest BCUT2D eigenvalue weighted by atomic mass is 10.2. The van der Waals surface area contributed by atoms with E-state index in [-0.39, 0.29) is 11.9 Å². The average molecular weight is 342 g/mol. The van der Waals surface area contributed by atoms with Gasteiger partial charge in [0, 0.05) is 25.5 Å². The zero-order valence-electron chi connectivity index (χ0n) is 13.9. The molecule has 3 aromatic heterocycles. The Morgan fingerprint density at radius 2 is 2.28 bits per heavy atom. The molecule has 0 saturated carbocycles. The van der Waals surface area contributed by atoms with Crippen LogP contribution < -0.4 is 4.74 Å². The third-order valence-electron chi connectivity index (χ3n) is 4.31. The van der Waals surface area contributed by atoms with Crippen LogP contribution in [0, 0.1) is 12.7 Å².